The summed E-state index contributed by atoms with van der Waals surface area (Å²) in [5.74, 6) is 0.710. The third kappa shape index (κ3) is 2.93. The summed E-state index contributed by atoms with van der Waals surface area (Å²) in [7, 11) is 0. The molecule has 0 bridgehead atoms. The van der Waals surface area contributed by atoms with Gasteiger partial charge in [-0.2, -0.15) is 0 Å². The standard InChI is InChI=1S/C14H19N3/c1-4-9-14(2,3)17-13-15-10-11-7-5-6-8-12(11)16-13/h5-8,10H,4,9H2,1-3H3,(H,15,16,17). The van der Waals surface area contributed by atoms with E-state index in [9.17, 15) is 0 Å². The summed E-state index contributed by atoms with van der Waals surface area (Å²) in [6.07, 6.45) is 4.11. The second kappa shape index (κ2) is 4.70. The second-order valence-corrected chi connectivity index (χ2v) is 5.01. The zero-order chi connectivity index (χ0) is 12.3. The van der Waals surface area contributed by atoms with Gasteiger partial charge in [-0.25, -0.2) is 9.97 Å². The fraction of sp³-hybridized carbons (Fsp3) is 0.429. The number of fused-ring (bicyclic) bond motifs is 1. The lowest BCUT2D eigenvalue weighted by atomic mass is 9.99. The molecule has 0 spiro atoms. The summed E-state index contributed by atoms with van der Waals surface area (Å²) in [4.78, 5) is 8.87. The van der Waals surface area contributed by atoms with Gasteiger partial charge >= 0.3 is 0 Å². The van der Waals surface area contributed by atoms with Crippen molar-refractivity contribution < 1.29 is 0 Å². The minimum absolute atomic E-state index is 0.0389. The third-order valence-corrected chi connectivity index (χ3v) is 2.81. The molecule has 1 N–H and O–H groups in total. The van der Waals surface area contributed by atoms with Crippen LogP contribution in [0.25, 0.3) is 10.9 Å². The lowest BCUT2D eigenvalue weighted by molar-refractivity contribution is 0.507. The molecule has 0 aliphatic carbocycles. The highest BCUT2D eigenvalue weighted by molar-refractivity contribution is 5.78. The van der Waals surface area contributed by atoms with Crippen LogP contribution in [-0.4, -0.2) is 15.5 Å². The van der Waals surface area contributed by atoms with Gasteiger partial charge in [0.15, 0.2) is 0 Å². The van der Waals surface area contributed by atoms with Crippen molar-refractivity contribution in [3.63, 3.8) is 0 Å². The molecule has 0 amide bonds. The van der Waals surface area contributed by atoms with Gasteiger partial charge in [0, 0.05) is 17.1 Å². The summed E-state index contributed by atoms with van der Waals surface area (Å²) in [5, 5.41) is 4.46. The van der Waals surface area contributed by atoms with Gasteiger partial charge in [-0.15, -0.1) is 0 Å². The van der Waals surface area contributed by atoms with Crippen molar-refractivity contribution in [2.75, 3.05) is 5.32 Å². The molecule has 1 aromatic carbocycles. The van der Waals surface area contributed by atoms with E-state index in [1.54, 1.807) is 0 Å². The zero-order valence-corrected chi connectivity index (χ0v) is 10.7. The Labute approximate surface area is 102 Å². The van der Waals surface area contributed by atoms with E-state index in [0.717, 1.165) is 23.7 Å². The Morgan fingerprint density at radius 3 is 2.76 bits per heavy atom. The van der Waals surface area contributed by atoms with Gasteiger partial charge < -0.3 is 5.32 Å². The monoisotopic (exact) mass is 229 g/mol. The molecule has 90 valence electrons. The van der Waals surface area contributed by atoms with Crippen LogP contribution in [0.5, 0.6) is 0 Å². The first-order valence-corrected chi connectivity index (χ1v) is 6.11. The van der Waals surface area contributed by atoms with E-state index in [1.165, 1.54) is 0 Å². The Bertz CT molecular complexity index is 506. The smallest absolute Gasteiger partial charge is 0.223 e. The number of rotatable bonds is 4. The highest BCUT2D eigenvalue weighted by atomic mass is 15.1. The molecule has 0 unspecified atom stereocenters. The largest absolute Gasteiger partial charge is 0.349 e. The number of nitrogens with zero attached hydrogens (tertiary/aromatic N) is 2. The molecule has 0 radical (unpaired) electrons. The summed E-state index contributed by atoms with van der Waals surface area (Å²) < 4.78 is 0. The first-order chi connectivity index (χ1) is 8.11. The average molecular weight is 229 g/mol. The molecule has 2 rings (SSSR count). The van der Waals surface area contributed by atoms with E-state index in [4.69, 9.17) is 0 Å². The summed E-state index contributed by atoms with van der Waals surface area (Å²) >= 11 is 0. The van der Waals surface area contributed by atoms with Gasteiger partial charge in [-0.3, -0.25) is 0 Å². The Morgan fingerprint density at radius 1 is 1.24 bits per heavy atom. The predicted molar refractivity (Wildman–Crippen MR) is 72.1 cm³/mol. The van der Waals surface area contributed by atoms with Crippen molar-refractivity contribution >= 4 is 16.9 Å². The quantitative estimate of drug-likeness (QED) is 0.870. The normalized spacial score (nSPS) is 11.7. The lowest BCUT2D eigenvalue weighted by Gasteiger charge is -2.25. The zero-order valence-electron chi connectivity index (χ0n) is 10.7. The molecule has 1 heterocycles. The van der Waals surface area contributed by atoms with Crippen LogP contribution >= 0.6 is 0 Å². The van der Waals surface area contributed by atoms with Crippen LogP contribution in [-0.2, 0) is 0 Å². The molecule has 3 nitrogen and oxygen atoms in total. The van der Waals surface area contributed by atoms with Crippen molar-refractivity contribution in [1.82, 2.24) is 9.97 Å². The maximum atomic E-state index is 4.52. The van der Waals surface area contributed by atoms with Gasteiger partial charge in [-0.05, 0) is 26.3 Å². The topological polar surface area (TPSA) is 37.8 Å². The number of hydrogen-bond acceptors (Lipinski definition) is 3. The molecular formula is C14H19N3. The maximum Gasteiger partial charge on any atom is 0.223 e. The first-order valence-electron chi connectivity index (χ1n) is 6.11. The number of anilines is 1. The van der Waals surface area contributed by atoms with E-state index < -0.39 is 0 Å². The fourth-order valence-corrected chi connectivity index (χ4v) is 2.02. The van der Waals surface area contributed by atoms with E-state index >= 15 is 0 Å². The van der Waals surface area contributed by atoms with Gasteiger partial charge in [0.2, 0.25) is 5.95 Å². The Kier molecular flexibility index (Phi) is 3.27. The molecule has 0 saturated carbocycles. The van der Waals surface area contributed by atoms with Gasteiger partial charge in [0.05, 0.1) is 5.52 Å². The van der Waals surface area contributed by atoms with Gasteiger partial charge in [-0.1, -0.05) is 31.5 Å². The number of nitrogens with one attached hydrogen (secondary N) is 1. The number of hydrogen-bond donors (Lipinski definition) is 1. The van der Waals surface area contributed by atoms with Crippen molar-refractivity contribution in [3.8, 4) is 0 Å². The van der Waals surface area contributed by atoms with Gasteiger partial charge in [0.25, 0.3) is 0 Å². The Hall–Kier alpha value is -1.64. The van der Waals surface area contributed by atoms with Crippen LogP contribution in [0, 0.1) is 0 Å². The second-order valence-electron chi connectivity index (χ2n) is 5.01. The molecule has 0 aliphatic heterocycles. The molecular weight excluding hydrogens is 210 g/mol. The Morgan fingerprint density at radius 2 is 2.00 bits per heavy atom. The average Bonchev–Trinajstić information content (AvgIpc) is 2.28. The molecule has 0 saturated heterocycles. The molecule has 0 aliphatic rings. The summed E-state index contributed by atoms with van der Waals surface area (Å²) in [5.41, 5.74) is 1.02. The lowest BCUT2D eigenvalue weighted by Crippen LogP contribution is -2.31. The van der Waals surface area contributed by atoms with Crippen LogP contribution in [0.3, 0.4) is 0 Å². The minimum Gasteiger partial charge on any atom is -0.349 e. The van der Waals surface area contributed by atoms with Crippen LogP contribution in [0.2, 0.25) is 0 Å². The molecule has 0 atom stereocenters. The Balaban J connectivity index is 2.25. The van der Waals surface area contributed by atoms with E-state index in [1.807, 2.05) is 30.5 Å². The fourth-order valence-electron chi connectivity index (χ4n) is 2.02. The highest BCUT2D eigenvalue weighted by Crippen LogP contribution is 2.18. The van der Waals surface area contributed by atoms with Crippen molar-refractivity contribution in [2.24, 2.45) is 0 Å². The van der Waals surface area contributed by atoms with Crippen LogP contribution in [0.4, 0.5) is 5.95 Å². The molecule has 3 heteroatoms. The summed E-state index contributed by atoms with van der Waals surface area (Å²) in [6.45, 7) is 6.54. The molecule has 0 fully saturated rings. The number of aromatic nitrogens is 2. The van der Waals surface area contributed by atoms with Crippen LogP contribution in [0.15, 0.2) is 30.5 Å². The SMILES string of the molecule is CCCC(C)(C)Nc1ncc2ccccc2n1. The van der Waals surface area contributed by atoms with E-state index in [-0.39, 0.29) is 5.54 Å². The molecule has 1 aromatic heterocycles. The maximum absolute atomic E-state index is 4.52. The predicted octanol–water partition coefficient (Wildman–Crippen LogP) is 3.62. The summed E-state index contributed by atoms with van der Waals surface area (Å²) in [6, 6.07) is 8.03. The van der Waals surface area contributed by atoms with Crippen molar-refractivity contribution in [1.29, 1.82) is 0 Å². The highest BCUT2D eigenvalue weighted by Gasteiger charge is 2.17. The third-order valence-electron chi connectivity index (χ3n) is 2.81. The van der Waals surface area contributed by atoms with Crippen molar-refractivity contribution in [2.45, 2.75) is 39.2 Å². The van der Waals surface area contributed by atoms with Crippen LogP contribution in [0.1, 0.15) is 33.6 Å². The van der Waals surface area contributed by atoms with Gasteiger partial charge in [0.1, 0.15) is 0 Å². The van der Waals surface area contributed by atoms with Crippen molar-refractivity contribution in [3.05, 3.63) is 30.5 Å². The first kappa shape index (κ1) is 11.8. The molecule has 17 heavy (non-hydrogen) atoms. The van der Waals surface area contributed by atoms with Crippen LogP contribution < -0.4 is 5.32 Å². The van der Waals surface area contributed by atoms with E-state index in [0.29, 0.717) is 5.95 Å². The minimum atomic E-state index is 0.0389. The number of benzene rings is 1. The molecule has 2 aromatic rings. The number of para-hydroxylation sites is 1. The van der Waals surface area contributed by atoms with E-state index in [2.05, 4.69) is 36.1 Å².